The lowest BCUT2D eigenvalue weighted by Crippen LogP contribution is -2.23. The number of halogens is 1. The van der Waals surface area contributed by atoms with Crippen molar-refractivity contribution in [3.05, 3.63) is 58.7 Å². The number of nitrogens with zero attached hydrogens (tertiary/aromatic N) is 1. The fourth-order valence-electron chi connectivity index (χ4n) is 2.67. The van der Waals surface area contributed by atoms with Crippen LogP contribution in [0.5, 0.6) is 0 Å². The summed E-state index contributed by atoms with van der Waals surface area (Å²) in [6.45, 7) is 8.22. The number of thiophene rings is 1. The average molecular weight is 448 g/mol. The first-order valence-corrected chi connectivity index (χ1v) is 11.5. The highest BCUT2D eigenvalue weighted by Gasteiger charge is 2.21. The number of hydrogen-bond donors (Lipinski definition) is 3. The SMILES string of the molecule is CC(C)NSNc1ccc(-c2cc(-c3ccnc(C(C)(C)CO)c3)cs2)c(Cl)c1. The molecule has 3 rings (SSSR count). The third kappa shape index (κ3) is 5.53. The maximum atomic E-state index is 9.63. The molecule has 0 unspecified atom stereocenters. The minimum absolute atomic E-state index is 0.0549. The molecule has 0 saturated carbocycles. The Morgan fingerprint density at radius 1 is 1.17 bits per heavy atom. The average Bonchev–Trinajstić information content (AvgIpc) is 3.18. The highest BCUT2D eigenvalue weighted by Crippen LogP contribution is 2.38. The van der Waals surface area contributed by atoms with Gasteiger partial charge in [0.15, 0.2) is 0 Å². The van der Waals surface area contributed by atoms with Gasteiger partial charge >= 0.3 is 0 Å². The number of aromatic nitrogens is 1. The molecule has 0 aliphatic carbocycles. The molecule has 1 aromatic carbocycles. The van der Waals surface area contributed by atoms with E-state index in [2.05, 4.69) is 45.8 Å². The van der Waals surface area contributed by atoms with E-state index >= 15 is 0 Å². The van der Waals surface area contributed by atoms with Crippen molar-refractivity contribution in [1.29, 1.82) is 0 Å². The van der Waals surface area contributed by atoms with E-state index in [1.807, 2.05) is 38.1 Å². The summed E-state index contributed by atoms with van der Waals surface area (Å²) in [5, 5.41) is 12.5. The van der Waals surface area contributed by atoms with E-state index in [0.717, 1.165) is 32.9 Å². The van der Waals surface area contributed by atoms with Crippen LogP contribution in [0.25, 0.3) is 21.6 Å². The van der Waals surface area contributed by atoms with Gasteiger partial charge in [-0.2, -0.15) is 0 Å². The maximum absolute atomic E-state index is 9.63. The Kier molecular flexibility index (Phi) is 7.24. The van der Waals surface area contributed by atoms with Gasteiger partial charge in [-0.25, -0.2) is 4.72 Å². The van der Waals surface area contributed by atoms with E-state index < -0.39 is 0 Å². The number of aliphatic hydroxyl groups is 1. The summed E-state index contributed by atoms with van der Waals surface area (Å²) < 4.78 is 6.49. The molecular formula is C22H26ClN3OS2. The summed E-state index contributed by atoms with van der Waals surface area (Å²) in [5.41, 5.74) is 4.69. The molecule has 29 heavy (non-hydrogen) atoms. The molecule has 4 nitrogen and oxygen atoms in total. The zero-order valence-corrected chi connectivity index (χ0v) is 19.4. The van der Waals surface area contributed by atoms with Crippen molar-refractivity contribution in [2.75, 3.05) is 11.3 Å². The van der Waals surface area contributed by atoms with Gasteiger partial charge in [-0.1, -0.05) is 25.4 Å². The quantitative estimate of drug-likeness (QED) is 0.350. The zero-order valence-electron chi connectivity index (χ0n) is 17.0. The standard InChI is InChI=1S/C22H26ClN3OS2/c1-14(2)25-29-26-17-5-6-18(19(23)11-17)20-9-16(12-28-20)15-7-8-24-21(10-15)22(3,4)13-27/h5-12,14,25-27H,13H2,1-4H3. The van der Waals surface area contributed by atoms with Gasteiger partial charge in [0, 0.05) is 51.6 Å². The summed E-state index contributed by atoms with van der Waals surface area (Å²) in [7, 11) is 0. The number of benzene rings is 1. The van der Waals surface area contributed by atoms with Gasteiger partial charge in [-0.05, 0) is 66.8 Å². The van der Waals surface area contributed by atoms with Gasteiger partial charge in [0.25, 0.3) is 0 Å². The van der Waals surface area contributed by atoms with Crippen molar-refractivity contribution in [2.24, 2.45) is 0 Å². The first-order valence-electron chi connectivity index (χ1n) is 9.44. The van der Waals surface area contributed by atoms with E-state index in [9.17, 15) is 5.11 Å². The second kappa shape index (κ2) is 9.49. The van der Waals surface area contributed by atoms with Gasteiger partial charge < -0.3 is 9.83 Å². The number of pyridine rings is 1. The third-order valence-corrected chi connectivity index (χ3v) is 6.68. The molecule has 0 radical (unpaired) electrons. The molecule has 3 N–H and O–H groups in total. The van der Waals surface area contributed by atoms with Crippen LogP contribution in [-0.4, -0.2) is 22.7 Å². The van der Waals surface area contributed by atoms with Crippen molar-refractivity contribution in [3.8, 4) is 21.6 Å². The predicted molar refractivity (Wildman–Crippen MR) is 128 cm³/mol. The summed E-state index contributed by atoms with van der Waals surface area (Å²) >= 11 is 9.68. The number of nitrogens with one attached hydrogen (secondary N) is 2. The lowest BCUT2D eigenvalue weighted by atomic mass is 9.89. The van der Waals surface area contributed by atoms with Crippen LogP contribution in [0, 0.1) is 0 Å². The van der Waals surface area contributed by atoms with Crippen molar-refractivity contribution in [3.63, 3.8) is 0 Å². The Morgan fingerprint density at radius 3 is 2.66 bits per heavy atom. The Hall–Kier alpha value is -1.57. The van der Waals surface area contributed by atoms with Crippen molar-refractivity contribution >= 4 is 40.8 Å². The third-order valence-electron chi connectivity index (χ3n) is 4.48. The molecule has 2 aromatic heterocycles. The first-order chi connectivity index (χ1) is 13.8. The van der Waals surface area contributed by atoms with Crippen molar-refractivity contribution < 1.29 is 5.11 Å². The normalized spacial score (nSPS) is 11.8. The molecule has 0 atom stereocenters. The number of rotatable bonds is 8. The van der Waals surface area contributed by atoms with Crippen molar-refractivity contribution in [1.82, 2.24) is 9.71 Å². The zero-order chi connectivity index (χ0) is 21.0. The highest BCUT2D eigenvalue weighted by atomic mass is 35.5. The molecule has 0 aliphatic heterocycles. The Bertz CT molecular complexity index is 972. The van der Waals surface area contributed by atoms with Gasteiger partial charge in [0.2, 0.25) is 0 Å². The second-order valence-corrected chi connectivity index (χ2v) is 9.81. The largest absolute Gasteiger partial charge is 0.395 e. The number of hydrogen-bond acceptors (Lipinski definition) is 6. The van der Waals surface area contributed by atoms with E-state index in [-0.39, 0.29) is 12.0 Å². The molecule has 0 amide bonds. The topological polar surface area (TPSA) is 57.2 Å². The molecular weight excluding hydrogens is 422 g/mol. The van der Waals surface area contributed by atoms with Gasteiger partial charge in [-0.3, -0.25) is 4.98 Å². The monoisotopic (exact) mass is 447 g/mol. The van der Waals surface area contributed by atoms with Gasteiger partial charge in [0.1, 0.15) is 0 Å². The Balaban J connectivity index is 1.81. The second-order valence-electron chi connectivity index (χ2n) is 7.84. The van der Waals surface area contributed by atoms with E-state index in [4.69, 9.17) is 11.6 Å². The fraction of sp³-hybridized carbons (Fsp3) is 0.318. The lowest BCUT2D eigenvalue weighted by molar-refractivity contribution is 0.215. The minimum atomic E-state index is -0.372. The van der Waals surface area contributed by atoms with Crippen LogP contribution in [-0.2, 0) is 5.41 Å². The molecule has 3 aromatic rings. The van der Waals surface area contributed by atoms with E-state index in [0.29, 0.717) is 11.1 Å². The van der Waals surface area contributed by atoms with Crippen molar-refractivity contribution in [2.45, 2.75) is 39.2 Å². The van der Waals surface area contributed by atoms with Crippen LogP contribution >= 0.6 is 35.1 Å². The molecule has 0 bridgehead atoms. The number of aliphatic hydroxyl groups excluding tert-OH is 1. The smallest absolute Gasteiger partial charge is 0.0537 e. The highest BCUT2D eigenvalue weighted by molar-refractivity contribution is 7.98. The van der Waals surface area contributed by atoms with Gasteiger partial charge in [-0.15, -0.1) is 11.3 Å². The van der Waals surface area contributed by atoms with E-state index in [1.165, 1.54) is 12.1 Å². The lowest BCUT2D eigenvalue weighted by Gasteiger charge is -2.21. The van der Waals surface area contributed by atoms with Crippen LogP contribution in [0.2, 0.25) is 5.02 Å². The van der Waals surface area contributed by atoms with Crippen LogP contribution in [0.15, 0.2) is 48.0 Å². The molecule has 0 aliphatic rings. The molecule has 2 heterocycles. The molecule has 0 spiro atoms. The summed E-state index contributed by atoms with van der Waals surface area (Å²) in [6.07, 6.45) is 1.80. The number of anilines is 1. The minimum Gasteiger partial charge on any atom is -0.395 e. The Morgan fingerprint density at radius 2 is 1.97 bits per heavy atom. The van der Waals surface area contributed by atoms with Crippen LogP contribution in [0.4, 0.5) is 5.69 Å². The summed E-state index contributed by atoms with van der Waals surface area (Å²) in [5.74, 6) is 0. The first kappa shape index (κ1) is 22.1. The van der Waals surface area contributed by atoms with Gasteiger partial charge in [0.05, 0.1) is 11.6 Å². The predicted octanol–water partition coefficient (Wildman–Crippen LogP) is 6.37. The van der Waals surface area contributed by atoms with Crippen LogP contribution in [0.1, 0.15) is 33.4 Å². The van der Waals surface area contributed by atoms with Crippen LogP contribution < -0.4 is 9.44 Å². The van der Waals surface area contributed by atoms with Crippen LogP contribution in [0.3, 0.4) is 0 Å². The summed E-state index contributed by atoms with van der Waals surface area (Å²) in [4.78, 5) is 5.55. The van der Waals surface area contributed by atoms with E-state index in [1.54, 1.807) is 17.5 Å². The molecule has 7 heteroatoms. The molecule has 154 valence electrons. The fourth-order valence-corrected chi connectivity index (χ4v) is 4.51. The Labute approximate surface area is 186 Å². The molecule has 0 fully saturated rings. The maximum Gasteiger partial charge on any atom is 0.0537 e. The molecule has 0 saturated heterocycles. The summed E-state index contributed by atoms with van der Waals surface area (Å²) in [6, 6.07) is 12.6.